The van der Waals surface area contributed by atoms with Gasteiger partial charge in [-0.3, -0.25) is 4.79 Å². The molecule has 0 radical (unpaired) electrons. The Hall–Kier alpha value is -3.22. The van der Waals surface area contributed by atoms with Gasteiger partial charge in [-0.2, -0.15) is 5.26 Å². The van der Waals surface area contributed by atoms with E-state index in [1.807, 2.05) is 0 Å². The van der Waals surface area contributed by atoms with Crippen LogP contribution in [-0.2, 0) is 36.9 Å². The number of nitriles is 1. The fourth-order valence-corrected chi connectivity index (χ4v) is 3.45. The number of benzene rings is 1. The average Bonchev–Trinajstić information content (AvgIpc) is 3.26. The highest BCUT2D eigenvalue weighted by atomic mass is 19.2. The zero-order valence-corrected chi connectivity index (χ0v) is 18.7. The first kappa shape index (κ1) is 26.0. The Labute approximate surface area is 188 Å². The Morgan fingerprint density at radius 2 is 1.58 bits per heavy atom. The molecule has 2 rings (SSSR count). The second-order valence-corrected chi connectivity index (χ2v) is 9.21. The van der Waals surface area contributed by atoms with Crippen LogP contribution < -0.4 is 0 Å². The number of rotatable bonds is 7. The smallest absolute Gasteiger partial charge is 0.349 e. The van der Waals surface area contributed by atoms with Crippen molar-refractivity contribution in [3.8, 4) is 6.07 Å². The summed E-state index contributed by atoms with van der Waals surface area (Å²) in [5.74, 6) is -10.3. The molecule has 0 heterocycles. The molecule has 1 aromatic rings. The normalized spacial score (nSPS) is 19.5. The fourth-order valence-electron chi connectivity index (χ4n) is 3.45. The molecular formula is C23H23F4NO5. The van der Waals surface area contributed by atoms with Crippen molar-refractivity contribution in [2.75, 3.05) is 0 Å². The number of nitrogens with zero attached hydrogens (tertiary/aromatic N) is 1. The molecule has 1 aliphatic rings. The third kappa shape index (κ3) is 5.41. The summed E-state index contributed by atoms with van der Waals surface area (Å²) < 4.78 is 66.4. The zero-order chi connectivity index (χ0) is 25.3. The van der Waals surface area contributed by atoms with Crippen LogP contribution in [0.3, 0.4) is 0 Å². The number of hydrogen-bond acceptors (Lipinski definition) is 6. The molecule has 10 heteroatoms. The van der Waals surface area contributed by atoms with E-state index < -0.39 is 82.2 Å². The lowest BCUT2D eigenvalue weighted by Crippen LogP contribution is -2.24. The number of hydrogen-bond donors (Lipinski definition) is 0. The van der Waals surface area contributed by atoms with Gasteiger partial charge >= 0.3 is 11.9 Å². The Kier molecular flexibility index (Phi) is 7.36. The maximum atomic E-state index is 14.2. The minimum absolute atomic E-state index is 0.0929. The summed E-state index contributed by atoms with van der Waals surface area (Å²) in [7, 11) is 0. The fraction of sp³-hybridized carbons (Fsp3) is 0.478. The summed E-state index contributed by atoms with van der Waals surface area (Å²) in [5, 5.41) is 9.28. The summed E-state index contributed by atoms with van der Waals surface area (Å²) in [6.45, 7) is 7.08. The summed E-state index contributed by atoms with van der Waals surface area (Å²) in [6.07, 6.45) is 0.499. The molecular weight excluding hydrogens is 446 g/mol. The third-order valence-corrected chi connectivity index (χ3v) is 5.34. The highest BCUT2D eigenvalue weighted by molar-refractivity contribution is 5.93. The number of carbonyl (C=O) groups is 3. The van der Waals surface area contributed by atoms with E-state index in [4.69, 9.17) is 9.47 Å². The number of allylic oxidation sites excluding steroid dienone is 1. The Bertz CT molecular complexity index is 1040. The molecule has 1 aromatic carbocycles. The first-order chi connectivity index (χ1) is 15.2. The van der Waals surface area contributed by atoms with Gasteiger partial charge in [0.05, 0.1) is 11.5 Å². The Morgan fingerprint density at radius 1 is 1.06 bits per heavy atom. The van der Waals surface area contributed by atoms with Crippen LogP contribution in [0.5, 0.6) is 0 Å². The summed E-state index contributed by atoms with van der Waals surface area (Å²) in [4.78, 5) is 35.1. The lowest BCUT2D eigenvalue weighted by atomic mass is 10.1. The van der Waals surface area contributed by atoms with Crippen molar-refractivity contribution < 1.29 is 41.4 Å². The van der Waals surface area contributed by atoms with Crippen molar-refractivity contribution in [2.24, 2.45) is 17.3 Å². The van der Waals surface area contributed by atoms with Crippen molar-refractivity contribution in [1.29, 1.82) is 5.26 Å². The highest BCUT2D eigenvalue weighted by Gasteiger charge is 2.62. The van der Waals surface area contributed by atoms with Gasteiger partial charge < -0.3 is 14.3 Å². The van der Waals surface area contributed by atoms with E-state index in [1.54, 1.807) is 40.7 Å². The van der Waals surface area contributed by atoms with Crippen LogP contribution >= 0.6 is 0 Å². The molecule has 6 nitrogen and oxygen atoms in total. The lowest BCUT2D eigenvalue weighted by Gasteiger charge is -2.19. The summed E-state index contributed by atoms with van der Waals surface area (Å²) in [5.41, 5.74) is -4.11. The van der Waals surface area contributed by atoms with Crippen LogP contribution in [0.25, 0.3) is 0 Å². The van der Waals surface area contributed by atoms with Crippen LogP contribution in [0.2, 0.25) is 0 Å². The van der Waals surface area contributed by atoms with Gasteiger partial charge in [0.2, 0.25) is 0 Å². The third-order valence-electron chi connectivity index (χ3n) is 5.34. The first-order valence-corrected chi connectivity index (χ1v) is 9.96. The predicted molar refractivity (Wildman–Crippen MR) is 106 cm³/mol. The number of esters is 2. The summed E-state index contributed by atoms with van der Waals surface area (Å²) in [6, 6.07) is 1.72. The quantitative estimate of drug-likeness (QED) is 0.149. The van der Waals surface area contributed by atoms with E-state index in [0.29, 0.717) is 0 Å². The maximum Gasteiger partial charge on any atom is 0.349 e. The standard InChI is InChI=1S/C23H23F4NO5/c1-22(2,3)33-20(30)11(9-28)8-14-15(23(14,4)5)21(31)32-10-13-18(26)16(24)12(6-7-29)17(25)19(13)27/h7-8,14-15H,6,10H2,1-5H3. The van der Waals surface area contributed by atoms with Gasteiger partial charge in [-0.15, -0.1) is 0 Å². The Morgan fingerprint density at radius 3 is 2.03 bits per heavy atom. The minimum atomic E-state index is -1.76. The van der Waals surface area contributed by atoms with Crippen LogP contribution in [0, 0.1) is 51.9 Å². The molecule has 0 spiro atoms. The molecule has 0 amide bonds. The van der Waals surface area contributed by atoms with E-state index in [0.717, 1.165) is 0 Å². The van der Waals surface area contributed by atoms with Crippen molar-refractivity contribution in [1.82, 2.24) is 0 Å². The molecule has 1 aliphatic carbocycles. The molecule has 2 unspecified atom stereocenters. The monoisotopic (exact) mass is 469 g/mol. The van der Waals surface area contributed by atoms with E-state index >= 15 is 0 Å². The zero-order valence-electron chi connectivity index (χ0n) is 18.7. The molecule has 178 valence electrons. The van der Waals surface area contributed by atoms with Crippen molar-refractivity contribution in [3.63, 3.8) is 0 Å². The van der Waals surface area contributed by atoms with Gasteiger partial charge in [0.25, 0.3) is 0 Å². The van der Waals surface area contributed by atoms with E-state index in [1.165, 1.54) is 6.08 Å². The van der Waals surface area contributed by atoms with Gasteiger partial charge in [0.15, 0.2) is 23.3 Å². The second kappa shape index (κ2) is 9.33. The lowest BCUT2D eigenvalue weighted by molar-refractivity contribution is -0.150. The minimum Gasteiger partial charge on any atom is -0.460 e. The number of halogens is 4. The van der Waals surface area contributed by atoms with Crippen molar-refractivity contribution >= 4 is 18.2 Å². The van der Waals surface area contributed by atoms with Crippen molar-refractivity contribution in [2.45, 2.75) is 53.2 Å². The number of carbonyl (C=O) groups excluding carboxylic acids is 3. The molecule has 0 aliphatic heterocycles. The van der Waals surface area contributed by atoms with Crippen molar-refractivity contribution in [3.05, 3.63) is 46.0 Å². The number of aldehydes is 1. The maximum absolute atomic E-state index is 14.2. The van der Waals surface area contributed by atoms with Gasteiger partial charge in [-0.1, -0.05) is 19.9 Å². The Balaban J connectivity index is 2.20. The molecule has 0 N–H and O–H groups in total. The van der Waals surface area contributed by atoms with Gasteiger partial charge in [0.1, 0.15) is 30.1 Å². The molecule has 0 bridgehead atoms. The molecule has 1 saturated carbocycles. The topological polar surface area (TPSA) is 93.5 Å². The molecule has 0 saturated heterocycles. The van der Waals surface area contributed by atoms with E-state index in [2.05, 4.69) is 0 Å². The van der Waals surface area contributed by atoms with Crippen LogP contribution in [0.1, 0.15) is 45.7 Å². The predicted octanol–water partition coefficient (Wildman–Crippen LogP) is 4.09. The molecule has 33 heavy (non-hydrogen) atoms. The molecule has 2 atom stereocenters. The van der Waals surface area contributed by atoms with E-state index in [-0.39, 0.29) is 11.9 Å². The number of ether oxygens (including phenoxy) is 2. The first-order valence-electron chi connectivity index (χ1n) is 9.96. The second-order valence-electron chi connectivity index (χ2n) is 9.21. The molecule has 0 aromatic heterocycles. The van der Waals surface area contributed by atoms with Gasteiger partial charge in [-0.25, -0.2) is 22.4 Å². The largest absolute Gasteiger partial charge is 0.460 e. The SMILES string of the molecule is CC(C)(C)OC(=O)C(C#N)=CC1C(C(=O)OCc2c(F)c(F)c(CC=O)c(F)c2F)C1(C)C. The molecule has 1 fully saturated rings. The summed E-state index contributed by atoms with van der Waals surface area (Å²) >= 11 is 0. The van der Waals surface area contributed by atoms with Gasteiger partial charge in [0, 0.05) is 12.0 Å². The average molecular weight is 469 g/mol. The van der Waals surface area contributed by atoms with Crippen LogP contribution in [0.4, 0.5) is 17.6 Å². The highest BCUT2D eigenvalue weighted by Crippen LogP contribution is 2.60. The van der Waals surface area contributed by atoms with E-state index in [9.17, 15) is 37.2 Å². The van der Waals surface area contributed by atoms with Gasteiger partial charge in [-0.05, 0) is 32.1 Å². The van der Waals surface area contributed by atoms with Crippen LogP contribution in [0.15, 0.2) is 11.6 Å². The van der Waals surface area contributed by atoms with Crippen LogP contribution in [-0.4, -0.2) is 23.8 Å².